The van der Waals surface area contributed by atoms with Crippen molar-refractivity contribution in [1.29, 1.82) is 0 Å². The summed E-state index contributed by atoms with van der Waals surface area (Å²) < 4.78 is 0. The van der Waals surface area contributed by atoms with E-state index in [1.54, 1.807) is 0 Å². The summed E-state index contributed by atoms with van der Waals surface area (Å²) in [6, 6.07) is 10.2. The second kappa shape index (κ2) is 6.22. The van der Waals surface area contributed by atoms with E-state index in [0.29, 0.717) is 18.9 Å². The SMILES string of the molecule is CC1NC(=O)CCC1NC(N)=NCc1ccccc1. The average Bonchev–Trinajstić information content (AvgIpc) is 2.41. The summed E-state index contributed by atoms with van der Waals surface area (Å²) in [6.07, 6.45) is 1.32. The van der Waals surface area contributed by atoms with Gasteiger partial charge in [0.05, 0.1) is 6.54 Å². The molecule has 0 aromatic heterocycles. The molecule has 0 radical (unpaired) electrons. The van der Waals surface area contributed by atoms with Crippen LogP contribution >= 0.6 is 0 Å². The molecule has 2 atom stereocenters. The lowest BCUT2D eigenvalue weighted by molar-refractivity contribution is -0.123. The first kappa shape index (κ1) is 13.4. The van der Waals surface area contributed by atoms with E-state index in [1.807, 2.05) is 37.3 Å². The number of carbonyl (C=O) groups excluding carboxylic acids is 1. The maximum Gasteiger partial charge on any atom is 0.220 e. The molecule has 0 spiro atoms. The minimum atomic E-state index is 0.0757. The van der Waals surface area contributed by atoms with Crippen LogP contribution in [0.15, 0.2) is 35.3 Å². The first-order valence-corrected chi connectivity index (χ1v) is 6.55. The van der Waals surface area contributed by atoms with Gasteiger partial charge in [0, 0.05) is 18.5 Å². The van der Waals surface area contributed by atoms with Gasteiger partial charge in [0.15, 0.2) is 5.96 Å². The Balaban J connectivity index is 1.86. The lowest BCUT2D eigenvalue weighted by Gasteiger charge is -2.30. The second-order valence-electron chi connectivity index (χ2n) is 4.83. The number of rotatable bonds is 3. The quantitative estimate of drug-likeness (QED) is 0.554. The van der Waals surface area contributed by atoms with Crippen molar-refractivity contribution in [2.45, 2.75) is 38.4 Å². The average molecular weight is 260 g/mol. The van der Waals surface area contributed by atoms with Gasteiger partial charge in [-0.2, -0.15) is 0 Å². The normalized spacial score (nSPS) is 23.8. The highest BCUT2D eigenvalue weighted by Gasteiger charge is 2.25. The van der Waals surface area contributed by atoms with Crippen LogP contribution < -0.4 is 16.4 Å². The minimum absolute atomic E-state index is 0.0757. The summed E-state index contributed by atoms with van der Waals surface area (Å²) in [5.74, 6) is 0.530. The molecule has 1 amide bonds. The number of nitrogens with one attached hydrogen (secondary N) is 2. The zero-order valence-electron chi connectivity index (χ0n) is 11.1. The van der Waals surface area contributed by atoms with Gasteiger partial charge in [-0.25, -0.2) is 4.99 Å². The van der Waals surface area contributed by atoms with Gasteiger partial charge in [-0.15, -0.1) is 0 Å². The van der Waals surface area contributed by atoms with Gasteiger partial charge in [0.2, 0.25) is 5.91 Å². The lowest BCUT2D eigenvalue weighted by atomic mass is 10.00. The molecule has 5 nitrogen and oxygen atoms in total. The number of aliphatic imine (C=N–C) groups is 1. The Labute approximate surface area is 113 Å². The molecule has 1 aliphatic heterocycles. The highest BCUT2D eigenvalue weighted by molar-refractivity contribution is 5.80. The summed E-state index contributed by atoms with van der Waals surface area (Å²) in [5, 5.41) is 6.07. The molecule has 1 heterocycles. The van der Waals surface area contributed by atoms with E-state index in [-0.39, 0.29) is 18.0 Å². The second-order valence-corrected chi connectivity index (χ2v) is 4.83. The number of piperidine rings is 1. The largest absolute Gasteiger partial charge is 0.370 e. The molecule has 1 aromatic rings. The molecule has 2 unspecified atom stereocenters. The molecule has 1 saturated heterocycles. The highest BCUT2D eigenvalue weighted by Crippen LogP contribution is 2.09. The van der Waals surface area contributed by atoms with Crippen molar-refractivity contribution in [2.75, 3.05) is 0 Å². The van der Waals surface area contributed by atoms with E-state index in [9.17, 15) is 4.79 Å². The molecule has 102 valence electrons. The van der Waals surface area contributed by atoms with Gasteiger partial charge in [-0.3, -0.25) is 4.79 Å². The van der Waals surface area contributed by atoms with Gasteiger partial charge < -0.3 is 16.4 Å². The summed E-state index contributed by atoms with van der Waals surface area (Å²) in [4.78, 5) is 15.5. The molecule has 0 bridgehead atoms. The van der Waals surface area contributed by atoms with E-state index >= 15 is 0 Å². The van der Waals surface area contributed by atoms with Crippen LogP contribution in [-0.2, 0) is 11.3 Å². The summed E-state index contributed by atoms with van der Waals surface area (Å²) in [7, 11) is 0. The Bertz CT molecular complexity index is 458. The molecule has 2 rings (SSSR count). The predicted molar refractivity (Wildman–Crippen MR) is 75.5 cm³/mol. The topological polar surface area (TPSA) is 79.5 Å². The minimum Gasteiger partial charge on any atom is -0.370 e. The van der Waals surface area contributed by atoms with Crippen LogP contribution in [0.2, 0.25) is 0 Å². The van der Waals surface area contributed by atoms with Gasteiger partial charge >= 0.3 is 0 Å². The Morgan fingerprint density at radius 3 is 2.89 bits per heavy atom. The smallest absolute Gasteiger partial charge is 0.220 e. The Morgan fingerprint density at radius 2 is 2.21 bits per heavy atom. The van der Waals surface area contributed by atoms with Crippen LogP contribution in [0.25, 0.3) is 0 Å². The molecule has 0 aliphatic carbocycles. The number of benzene rings is 1. The first-order chi connectivity index (χ1) is 9.15. The number of amides is 1. The zero-order valence-corrected chi connectivity index (χ0v) is 11.1. The van der Waals surface area contributed by atoms with E-state index in [4.69, 9.17) is 5.73 Å². The monoisotopic (exact) mass is 260 g/mol. The van der Waals surface area contributed by atoms with Gasteiger partial charge in [0.1, 0.15) is 0 Å². The van der Waals surface area contributed by atoms with Crippen LogP contribution in [0.4, 0.5) is 0 Å². The van der Waals surface area contributed by atoms with E-state index in [0.717, 1.165) is 12.0 Å². The van der Waals surface area contributed by atoms with E-state index < -0.39 is 0 Å². The molecule has 5 heteroatoms. The number of hydrogen-bond acceptors (Lipinski definition) is 2. The fourth-order valence-electron chi connectivity index (χ4n) is 2.16. The Kier molecular flexibility index (Phi) is 4.39. The maximum absolute atomic E-state index is 11.2. The predicted octanol–water partition coefficient (Wildman–Crippen LogP) is 0.758. The molecule has 0 saturated carbocycles. The fourth-order valence-corrected chi connectivity index (χ4v) is 2.16. The summed E-state index contributed by atoms with van der Waals surface area (Å²) in [5.41, 5.74) is 7.00. The molecule has 4 N–H and O–H groups in total. The lowest BCUT2D eigenvalue weighted by Crippen LogP contribution is -2.55. The fraction of sp³-hybridized carbons (Fsp3) is 0.429. The van der Waals surface area contributed by atoms with Gasteiger partial charge in [-0.05, 0) is 18.9 Å². The van der Waals surface area contributed by atoms with Gasteiger partial charge in [0.25, 0.3) is 0 Å². The van der Waals surface area contributed by atoms with Crippen molar-refractivity contribution in [1.82, 2.24) is 10.6 Å². The number of carbonyl (C=O) groups is 1. The molecule has 19 heavy (non-hydrogen) atoms. The van der Waals surface area contributed by atoms with Crippen LogP contribution in [0.5, 0.6) is 0 Å². The third-order valence-corrected chi connectivity index (χ3v) is 3.28. The van der Waals surface area contributed by atoms with Crippen molar-refractivity contribution >= 4 is 11.9 Å². The van der Waals surface area contributed by atoms with Crippen LogP contribution in [-0.4, -0.2) is 24.0 Å². The third-order valence-electron chi connectivity index (χ3n) is 3.28. The molecule has 1 aliphatic rings. The Hall–Kier alpha value is -2.04. The molecule has 1 fully saturated rings. The highest BCUT2D eigenvalue weighted by atomic mass is 16.1. The number of nitrogens with zero attached hydrogens (tertiary/aromatic N) is 1. The van der Waals surface area contributed by atoms with Crippen LogP contribution in [0, 0.1) is 0 Å². The third kappa shape index (κ3) is 3.98. The standard InChI is InChI=1S/C14H20N4O/c1-10-12(7-8-13(19)17-10)18-14(15)16-9-11-5-3-2-4-6-11/h2-6,10,12H,7-9H2,1H3,(H,17,19)(H3,15,16,18). The summed E-state index contributed by atoms with van der Waals surface area (Å²) in [6.45, 7) is 2.53. The molecular weight excluding hydrogens is 240 g/mol. The van der Waals surface area contributed by atoms with E-state index in [1.165, 1.54) is 0 Å². The molecule has 1 aromatic carbocycles. The van der Waals surface area contributed by atoms with Crippen molar-refractivity contribution in [2.24, 2.45) is 10.7 Å². The van der Waals surface area contributed by atoms with Crippen molar-refractivity contribution in [3.8, 4) is 0 Å². The summed E-state index contributed by atoms with van der Waals surface area (Å²) >= 11 is 0. The van der Waals surface area contributed by atoms with Crippen molar-refractivity contribution in [3.63, 3.8) is 0 Å². The Morgan fingerprint density at radius 1 is 1.47 bits per heavy atom. The zero-order chi connectivity index (χ0) is 13.7. The maximum atomic E-state index is 11.2. The van der Waals surface area contributed by atoms with E-state index in [2.05, 4.69) is 15.6 Å². The van der Waals surface area contributed by atoms with Gasteiger partial charge in [-0.1, -0.05) is 30.3 Å². The van der Waals surface area contributed by atoms with Crippen molar-refractivity contribution < 1.29 is 4.79 Å². The number of nitrogens with two attached hydrogens (primary N) is 1. The van der Waals surface area contributed by atoms with Crippen LogP contribution in [0.3, 0.4) is 0 Å². The first-order valence-electron chi connectivity index (χ1n) is 6.55. The van der Waals surface area contributed by atoms with Crippen molar-refractivity contribution in [3.05, 3.63) is 35.9 Å². The molecular formula is C14H20N4O. The number of guanidine groups is 1. The number of hydrogen-bond donors (Lipinski definition) is 3. The van der Waals surface area contributed by atoms with Crippen LogP contribution in [0.1, 0.15) is 25.3 Å².